The number of hydrogen-bond donors (Lipinski definition) is 0. The van der Waals surface area contributed by atoms with E-state index in [-0.39, 0.29) is 35.8 Å². The number of likely N-dealkylation sites (tertiary alicyclic amines) is 1. The number of aryl methyl sites for hydroxylation is 2. The van der Waals surface area contributed by atoms with Crippen molar-refractivity contribution < 1.29 is 14.3 Å². The summed E-state index contributed by atoms with van der Waals surface area (Å²) >= 11 is 0. The van der Waals surface area contributed by atoms with Gasteiger partial charge in [0.15, 0.2) is 5.57 Å². The fourth-order valence-corrected chi connectivity index (χ4v) is 6.58. The Morgan fingerprint density at radius 2 is 1.60 bits per heavy atom. The molecule has 0 aromatic heterocycles. The van der Waals surface area contributed by atoms with Gasteiger partial charge in [-0.3, -0.25) is 14.5 Å². The zero-order chi connectivity index (χ0) is 32.5. The minimum atomic E-state index is -0.0904. The molecule has 0 N–H and O–H groups in total. The number of nitriles is 2. The van der Waals surface area contributed by atoms with Crippen molar-refractivity contribution >= 4 is 17.6 Å². The molecule has 0 spiro atoms. The molecule has 4 rings (SSSR count). The van der Waals surface area contributed by atoms with E-state index in [0.717, 1.165) is 49.3 Å². The lowest BCUT2D eigenvalue weighted by Gasteiger charge is -2.32. The highest BCUT2D eigenvalue weighted by molar-refractivity contribution is 5.94. The van der Waals surface area contributed by atoms with Crippen LogP contribution in [0.5, 0.6) is 0 Å². The molecular formula is C36H46N6O3. The lowest BCUT2D eigenvalue weighted by atomic mass is 9.96. The van der Waals surface area contributed by atoms with Gasteiger partial charge in [0.05, 0.1) is 12.5 Å². The molecule has 45 heavy (non-hydrogen) atoms. The molecule has 2 fully saturated rings. The monoisotopic (exact) mass is 610 g/mol. The molecule has 2 heterocycles. The molecule has 1 amide bonds. The van der Waals surface area contributed by atoms with E-state index >= 15 is 0 Å². The van der Waals surface area contributed by atoms with Crippen LogP contribution in [0, 0.1) is 42.4 Å². The zero-order valence-electron chi connectivity index (χ0n) is 27.4. The zero-order valence-corrected chi connectivity index (χ0v) is 27.4. The molecule has 2 aliphatic rings. The summed E-state index contributed by atoms with van der Waals surface area (Å²) in [7, 11) is 0. The van der Waals surface area contributed by atoms with Crippen LogP contribution in [0.25, 0.3) is 0 Å². The van der Waals surface area contributed by atoms with Crippen LogP contribution in [-0.2, 0) is 27.4 Å². The Balaban J connectivity index is 1.42. The summed E-state index contributed by atoms with van der Waals surface area (Å²) in [4.78, 5) is 34.2. The van der Waals surface area contributed by atoms with Gasteiger partial charge in [-0.15, -0.1) is 0 Å². The molecule has 0 radical (unpaired) electrons. The summed E-state index contributed by atoms with van der Waals surface area (Å²) in [6.07, 6.45) is 1.85. The summed E-state index contributed by atoms with van der Waals surface area (Å²) < 4.78 is 5.21. The van der Waals surface area contributed by atoms with E-state index in [0.29, 0.717) is 38.6 Å². The van der Waals surface area contributed by atoms with Crippen molar-refractivity contribution in [1.82, 2.24) is 14.7 Å². The number of benzene rings is 2. The first-order valence-corrected chi connectivity index (χ1v) is 16.0. The van der Waals surface area contributed by atoms with Crippen LogP contribution in [0.15, 0.2) is 53.9 Å². The lowest BCUT2D eigenvalue weighted by molar-refractivity contribution is -0.149. The number of rotatable bonds is 11. The quantitative estimate of drug-likeness (QED) is 0.250. The molecule has 238 valence electrons. The van der Waals surface area contributed by atoms with Crippen LogP contribution >= 0.6 is 0 Å². The number of anilines is 1. The van der Waals surface area contributed by atoms with Crippen LogP contribution in [0.4, 0.5) is 5.69 Å². The fourth-order valence-electron chi connectivity index (χ4n) is 6.58. The normalized spacial score (nSPS) is 15.6. The molecule has 0 saturated carbocycles. The highest BCUT2D eigenvalue weighted by atomic mass is 16.5. The molecule has 0 atom stereocenters. The Kier molecular flexibility index (Phi) is 11.6. The predicted octanol–water partition coefficient (Wildman–Crippen LogP) is 5.29. The first-order chi connectivity index (χ1) is 21.6. The van der Waals surface area contributed by atoms with E-state index in [1.165, 1.54) is 11.1 Å². The number of carbonyl (C=O) groups is 2. The van der Waals surface area contributed by atoms with Crippen molar-refractivity contribution in [2.75, 3.05) is 44.2 Å². The minimum Gasteiger partial charge on any atom is -0.466 e. The smallest absolute Gasteiger partial charge is 0.309 e. The van der Waals surface area contributed by atoms with E-state index in [2.05, 4.69) is 66.1 Å². The number of hydrogen-bond acceptors (Lipinski definition) is 8. The molecular weight excluding hydrogens is 564 g/mol. The third kappa shape index (κ3) is 8.65. The van der Waals surface area contributed by atoms with Crippen molar-refractivity contribution in [3.63, 3.8) is 0 Å². The second kappa shape index (κ2) is 15.6. The molecule has 2 aliphatic heterocycles. The Labute approximate surface area is 268 Å². The second-order valence-electron chi connectivity index (χ2n) is 12.4. The molecule has 0 aliphatic carbocycles. The van der Waals surface area contributed by atoms with Gasteiger partial charge >= 0.3 is 5.97 Å². The average molecular weight is 611 g/mol. The second-order valence-corrected chi connectivity index (χ2v) is 12.4. The van der Waals surface area contributed by atoms with Crippen LogP contribution in [-0.4, -0.2) is 71.9 Å². The lowest BCUT2D eigenvalue weighted by Crippen LogP contribution is -2.39. The largest absolute Gasteiger partial charge is 0.466 e. The maximum atomic E-state index is 13.7. The number of ether oxygens (including phenoxy) is 1. The Bertz CT molecular complexity index is 1440. The van der Waals surface area contributed by atoms with Gasteiger partial charge in [-0.1, -0.05) is 41.5 Å². The first kappa shape index (κ1) is 33.6. The van der Waals surface area contributed by atoms with Gasteiger partial charge in [0.2, 0.25) is 5.91 Å². The maximum Gasteiger partial charge on any atom is 0.309 e. The van der Waals surface area contributed by atoms with E-state index in [1.54, 1.807) is 0 Å². The maximum absolute atomic E-state index is 13.7. The Morgan fingerprint density at radius 3 is 2.22 bits per heavy atom. The molecule has 2 saturated heterocycles. The van der Waals surface area contributed by atoms with E-state index in [1.807, 2.05) is 42.7 Å². The average Bonchev–Trinajstić information content (AvgIpc) is 3.38. The molecule has 9 heteroatoms. The van der Waals surface area contributed by atoms with Crippen LogP contribution in [0.3, 0.4) is 0 Å². The highest BCUT2D eigenvalue weighted by Gasteiger charge is 2.30. The SMILES string of the molecule is CCOC(=O)C1CCN(Cc2cccc(N(C(=O)CCN3CCN(Cc4cc(C)cc(C)c4)C3=C(C#N)C#N)C(C)C)c2)CC1. The van der Waals surface area contributed by atoms with Crippen LogP contribution in [0.2, 0.25) is 0 Å². The molecule has 9 nitrogen and oxygen atoms in total. The van der Waals surface area contributed by atoms with Gasteiger partial charge in [0.1, 0.15) is 18.0 Å². The van der Waals surface area contributed by atoms with Crippen molar-refractivity contribution in [1.29, 1.82) is 10.5 Å². The minimum absolute atomic E-state index is 0.0000230. The number of amides is 1. The Hall–Kier alpha value is -4.34. The molecule has 2 aromatic carbocycles. The summed E-state index contributed by atoms with van der Waals surface area (Å²) in [5.74, 6) is 0.493. The third-order valence-corrected chi connectivity index (χ3v) is 8.52. The number of piperidine rings is 1. The molecule has 2 aromatic rings. The highest BCUT2D eigenvalue weighted by Crippen LogP contribution is 2.27. The summed E-state index contributed by atoms with van der Waals surface area (Å²) in [6.45, 7) is 15.2. The van der Waals surface area contributed by atoms with Gasteiger partial charge in [0.25, 0.3) is 0 Å². The van der Waals surface area contributed by atoms with Gasteiger partial charge in [-0.2, -0.15) is 10.5 Å². The molecule has 0 bridgehead atoms. The van der Waals surface area contributed by atoms with Gasteiger partial charge < -0.3 is 19.4 Å². The van der Waals surface area contributed by atoms with E-state index in [9.17, 15) is 20.1 Å². The van der Waals surface area contributed by atoms with Gasteiger partial charge in [-0.25, -0.2) is 0 Å². The van der Waals surface area contributed by atoms with E-state index < -0.39 is 0 Å². The topological polar surface area (TPSA) is 104 Å². The summed E-state index contributed by atoms with van der Waals surface area (Å²) in [6, 6.07) is 18.7. The van der Waals surface area contributed by atoms with Gasteiger partial charge in [-0.05, 0) is 83.8 Å². The van der Waals surface area contributed by atoms with Crippen LogP contribution in [0.1, 0.15) is 62.3 Å². The number of nitrogens with zero attached hydrogens (tertiary/aromatic N) is 6. The van der Waals surface area contributed by atoms with E-state index in [4.69, 9.17) is 4.74 Å². The summed E-state index contributed by atoms with van der Waals surface area (Å²) in [5, 5.41) is 19.6. The standard InChI is InChI=1S/C36H46N6O3/c1-6-45-36(44)31-10-13-39(14-11-31)24-29-8-7-9-33(21-29)42(26(2)3)34(43)12-15-40-16-17-41(35(40)32(22-37)23-38)25-30-19-27(4)18-28(5)20-30/h7-9,18-21,26,31H,6,10-17,24-25H2,1-5H3. The first-order valence-electron chi connectivity index (χ1n) is 16.0. The fraction of sp³-hybridized carbons (Fsp3) is 0.500. The molecule has 0 unspecified atom stereocenters. The number of allylic oxidation sites excluding steroid dienone is 1. The Morgan fingerprint density at radius 1 is 0.933 bits per heavy atom. The van der Waals surface area contributed by atoms with Crippen molar-refractivity contribution in [3.05, 3.63) is 76.1 Å². The number of esters is 1. The predicted molar refractivity (Wildman–Crippen MR) is 174 cm³/mol. The van der Waals surface area contributed by atoms with Gasteiger partial charge in [0, 0.05) is 50.9 Å². The van der Waals surface area contributed by atoms with Crippen molar-refractivity contribution in [2.24, 2.45) is 5.92 Å². The number of carbonyl (C=O) groups excluding carboxylic acids is 2. The van der Waals surface area contributed by atoms with Crippen molar-refractivity contribution in [3.8, 4) is 12.1 Å². The summed E-state index contributed by atoms with van der Waals surface area (Å²) in [5.41, 5.74) is 5.54. The third-order valence-electron chi connectivity index (χ3n) is 8.52. The van der Waals surface area contributed by atoms with Crippen molar-refractivity contribution in [2.45, 2.75) is 73.0 Å². The van der Waals surface area contributed by atoms with Crippen LogP contribution < -0.4 is 4.90 Å².